The highest BCUT2D eigenvalue weighted by Gasteiger charge is 2.55. The molecule has 4 fully saturated rings. The summed E-state index contributed by atoms with van der Waals surface area (Å²) in [7, 11) is 0. The first-order valence-corrected chi connectivity index (χ1v) is 11.4. The Morgan fingerprint density at radius 1 is 1.03 bits per heavy atom. The molecule has 6 rings (SSSR count). The highest BCUT2D eigenvalue weighted by molar-refractivity contribution is 5.90. The van der Waals surface area contributed by atoms with Crippen molar-refractivity contribution < 1.29 is 19.1 Å². The van der Waals surface area contributed by atoms with Crippen molar-refractivity contribution in [2.45, 2.75) is 65.0 Å². The van der Waals surface area contributed by atoms with Gasteiger partial charge in [-0.3, -0.25) is 9.59 Å². The van der Waals surface area contributed by atoms with Gasteiger partial charge in [0.2, 0.25) is 18.6 Å². The maximum atomic E-state index is 13.4. The fourth-order valence-corrected chi connectivity index (χ4v) is 6.57. The fraction of sp³-hybridized carbons (Fsp3) is 0.667. The van der Waals surface area contributed by atoms with Gasteiger partial charge in [-0.1, -0.05) is 19.9 Å². The molecule has 0 aromatic heterocycles. The molecule has 0 radical (unpaired) electrons. The van der Waals surface area contributed by atoms with Crippen LogP contribution in [-0.4, -0.2) is 24.6 Å². The predicted molar refractivity (Wildman–Crippen MR) is 112 cm³/mol. The van der Waals surface area contributed by atoms with Crippen molar-refractivity contribution in [1.82, 2.24) is 10.6 Å². The van der Waals surface area contributed by atoms with Crippen LogP contribution in [0.2, 0.25) is 0 Å². The highest BCUT2D eigenvalue weighted by Crippen LogP contribution is 2.60. The maximum Gasteiger partial charge on any atom is 0.243 e. The Morgan fingerprint density at radius 3 is 2.30 bits per heavy atom. The van der Waals surface area contributed by atoms with E-state index in [1.807, 2.05) is 32.0 Å². The molecular weight excluding hydrogens is 380 g/mol. The Balaban J connectivity index is 1.23. The molecule has 1 aromatic rings. The number of amides is 2. The summed E-state index contributed by atoms with van der Waals surface area (Å²) >= 11 is 0. The van der Waals surface area contributed by atoms with Gasteiger partial charge < -0.3 is 20.1 Å². The van der Waals surface area contributed by atoms with Crippen LogP contribution in [0, 0.1) is 29.1 Å². The number of benzene rings is 1. The Kier molecular flexibility index (Phi) is 4.91. The van der Waals surface area contributed by atoms with Crippen molar-refractivity contribution >= 4 is 11.8 Å². The Bertz CT molecular complexity index is 814. The molecule has 162 valence electrons. The molecule has 0 saturated heterocycles. The number of rotatable bonds is 6. The molecule has 2 amide bonds. The van der Waals surface area contributed by atoms with Crippen molar-refractivity contribution in [2.75, 3.05) is 6.79 Å². The third-order valence-corrected chi connectivity index (χ3v) is 7.66. The van der Waals surface area contributed by atoms with E-state index < -0.39 is 6.04 Å². The summed E-state index contributed by atoms with van der Waals surface area (Å²) in [5.41, 5.74) is 0.710. The number of carbonyl (C=O) groups is 2. The van der Waals surface area contributed by atoms with Crippen molar-refractivity contribution in [3.63, 3.8) is 0 Å². The summed E-state index contributed by atoms with van der Waals surface area (Å²) in [6.45, 7) is 4.61. The average Bonchev–Trinajstić information content (AvgIpc) is 3.16. The minimum absolute atomic E-state index is 0.0274. The van der Waals surface area contributed by atoms with Crippen LogP contribution in [0.4, 0.5) is 0 Å². The first kappa shape index (κ1) is 19.7. The quantitative estimate of drug-likeness (QED) is 0.751. The number of hydrogen-bond acceptors (Lipinski definition) is 4. The third-order valence-electron chi connectivity index (χ3n) is 7.66. The Labute approximate surface area is 178 Å². The first-order valence-electron chi connectivity index (χ1n) is 11.4. The number of nitrogens with one attached hydrogen (secondary N) is 2. The first-order chi connectivity index (χ1) is 14.4. The Hall–Kier alpha value is -2.24. The van der Waals surface area contributed by atoms with E-state index in [4.69, 9.17) is 9.47 Å². The lowest BCUT2D eigenvalue weighted by atomic mass is 9.49. The minimum atomic E-state index is -0.514. The summed E-state index contributed by atoms with van der Waals surface area (Å²) < 4.78 is 10.7. The molecule has 4 aliphatic carbocycles. The van der Waals surface area contributed by atoms with Crippen LogP contribution >= 0.6 is 0 Å². The molecule has 5 aliphatic rings. The van der Waals surface area contributed by atoms with E-state index in [0.717, 1.165) is 30.6 Å². The van der Waals surface area contributed by atoms with E-state index in [1.165, 1.54) is 19.3 Å². The summed E-state index contributed by atoms with van der Waals surface area (Å²) in [5, 5.41) is 6.16. The van der Waals surface area contributed by atoms with Gasteiger partial charge in [-0.15, -0.1) is 0 Å². The van der Waals surface area contributed by atoms with Crippen LogP contribution in [0.3, 0.4) is 0 Å². The van der Waals surface area contributed by atoms with Gasteiger partial charge in [-0.05, 0) is 79.9 Å². The predicted octanol–water partition coefficient (Wildman–Crippen LogP) is 3.39. The van der Waals surface area contributed by atoms with Crippen LogP contribution in [0.1, 0.15) is 57.9 Å². The SMILES string of the molecule is CC(C)[C@@H](NC(=O)C12CC3CC(CC(C3)C1)C2)C(=O)NCc1ccc2c(c1)OCO2. The van der Waals surface area contributed by atoms with Gasteiger partial charge in [0, 0.05) is 12.0 Å². The fourth-order valence-electron chi connectivity index (χ4n) is 6.57. The standard InChI is InChI=1S/C24H32N2O4/c1-14(2)21(22(27)25-12-15-3-4-19-20(8-15)30-13-29-19)26-23(28)24-9-16-5-17(10-24)7-18(6-16)11-24/h3-4,8,14,16-18,21H,5-7,9-13H2,1-2H3,(H,25,27)(H,26,28)/t16?,17?,18?,21-,24?/m1/s1. The molecule has 4 bridgehead atoms. The zero-order chi connectivity index (χ0) is 20.9. The summed E-state index contributed by atoms with van der Waals surface area (Å²) in [5.74, 6) is 3.57. The van der Waals surface area contributed by atoms with Crippen molar-refractivity contribution in [2.24, 2.45) is 29.1 Å². The number of carbonyl (C=O) groups excluding carboxylic acids is 2. The summed E-state index contributed by atoms with van der Waals surface area (Å²) in [6, 6.07) is 5.16. The van der Waals surface area contributed by atoms with Gasteiger partial charge in [0.25, 0.3) is 0 Å². The monoisotopic (exact) mass is 412 g/mol. The smallest absolute Gasteiger partial charge is 0.243 e. The maximum absolute atomic E-state index is 13.4. The molecular formula is C24H32N2O4. The summed E-state index contributed by atoms with van der Waals surface area (Å²) in [6.07, 6.45) is 6.93. The second-order valence-electron chi connectivity index (χ2n) is 10.3. The van der Waals surface area contributed by atoms with Gasteiger partial charge in [-0.2, -0.15) is 0 Å². The number of ether oxygens (including phenoxy) is 2. The van der Waals surface area contributed by atoms with E-state index in [1.54, 1.807) is 0 Å². The molecule has 6 nitrogen and oxygen atoms in total. The van der Waals surface area contributed by atoms with E-state index in [2.05, 4.69) is 10.6 Å². The molecule has 0 unspecified atom stereocenters. The topological polar surface area (TPSA) is 76.7 Å². The average molecular weight is 413 g/mol. The van der Waals surface area contributed by atoms with E-state index in [9.17, 15) is 9.59 Å². The molecule has 1 atom stereocenters. The molecule has 1 heterocycles. The van der Waals surface area contributed by atoms with Crippen LogP contribution < -0.4 is 20.1 Å². The highest BCUT2D eigenvalue weighted by atomic mass is 16.7. The molecule has 0 spiro atoms. The molecule has 1 aliphatic heterocycles. The normalized spacial score (nSPS) is 31.6. The van der Waals surface area contributed by atoms with Crippen LogP contribution in [0.15, 0.2) is 18.2 Å². The van der Waals surface area contributed by atoms with Crippen molar-refractivity contribution in [3.05, 3.63) is 23.8 Å². The van der Waals surface area contributed by atoms with Gasteiger partial charge in [-0.25, -0.2) is 0 Å². The van der Waals surface area contributed by atoms with Crippen LogP contribution in [0.5, 0.6) is 11.5 Å². The lowest BCUT2D eigenvalue weighted by Crippen LogP contribution is -2.58. The van der Waals surface area contributed by atoms with Crippen molar-refractivity contribution in [3.8, 4) is 11.5 Å². The zero-order valence-electron chi connectivity index (χ0n) is 17.9. The van der Waals surface area contributed by atoms with E-state index >= 15 is 0 Å². The number of hydrogen-bond donors (Lipinski definition) is 2. The van der Waals surface area contributed by atoms with E-state index in [-0.39, 0.29) is 29.9 Å². The zero-order valence-corrected chi connectivity index (χ0v) is 17.9. The Morgan fingerprint density at radius 2 is 1.67 bits per heavy atom. The lowest BCUT2D eigenvalue weighted by Gasteiger charge is -2.55. The molecule has 30 heavy (non-hydrogen) atoms. The molecule has 2 N–H and O–H groups in total. The van der Waals surface area contributed by atoms with Crippen molar-refractivity contribution in [1.29, 1.82) is 0 Å². The minimum Gasteiger partial charge on any atom is -0.454 e. The second kappa shape index (κ2) is 7.47. The lowest BCUT2D eigenvalue weighted by molar-refractivity contribution is -0.149. The van der Waals surface area contributed by atoms with Gasteiger partial charge in [0.05, 0.1) is 0 Å². The second-order valence-corrected chi connectivity index (χ2v) is 10.3. The van der Waals surface area contributed by atoms with E-state index in [0.29, 0.717) is 30.0 Å². The number of fused-ring (bicyclic) bond motifs is 1. The van der Waals surface area contributed by atoms with Crippen LogP contribution in [0.25, 0.3) is 0 Å². The third kappa shape index (κ3) is 3.54. The summed E-state index contributed by atoms with van der Waals surface area (Å²) in [4.78, 5) is 26.4. The van der Waals surface area contributed by atoms with Gasteiger partial charge >= 0.3 is 0 Å². The van der Waals surface area contributed by atoms with Gasteiger partial charge in [0.1, 0.15) is 6.04 Å². The molecule has 1 aromatic carbocycles. The molecule has 6 heteroatoms. The van der Waals surface area contributed by atoms with Gasteiger partial charge in [0.15, 0.2) is 11.5 Å². The largest absolute Gasteiger partial charge is 0.454 e. The van der Waals surface area contributed by atoms with Crippen LogP contribution in [-0.2, 0) is 16.1 Å². The molecule has 4 saturated carbocycles.